The first-order valence-corrected chi connectivity index (χ1v) is 9.65. The van der Waals surface area contributed by atoms with Gasteiger partial charge in [0.05, 0.1) is 29.0 Å². The second-order valence-electron chi connectivity index (χ2n) is 5.91. The van der Waals surface area contributed by atoms with Crippen LogP contribution in [0.4, 0.5) is 11.4 Å². The number of ether oxygens (including phenoxy) is 1. The number of carbonyl (C=O) groups excluding carboxylic acids is 1. The summed E-state index contributed by atoms with van der Waals surface area (Å²) >= 11 is 1.13. The number of nitrogens with one attached hydrogen (secondary N) is 1. The molecule has 1 N–H and O–H groups in total. The predicted octanol–water partition coefficient (Wildman–Crippen LogP) is 3.01. The molecule has 29 heavy (non-hydrogen) atoms. The van der Waals surface area contributed by atoms with Crippen molar-refractivity contribution in [3.05, 3.63) is 58.1 Å². The van der Waals surface area contributed by atoms with Crippen molar-refractivity contribution in [2.45, 2.75) is 19.0 Å². The smallest absolute Gasteiger partial charge is 0.296 e. The van der Waals surface area contributed by atoms with Gasteiger partial charge in [0.25, 0.3) is 5.69 Å². The average Bonchev–Trinajstić information content (AvgIpc) is 3.17. The van der Waals surface area contributed by atoms with Crippen molar-refractivity contribution in [1.29, 1.82) is 0 Å². The van der Waals surface area contributed by atoms with Crippen molar-refractivity contribution in [1.82, 2.24) is 20.2 Å². The fourth-order valence-electron chi connectivity index (χ4n) is 2.46. The van der Waals surface area contributed by atoms with Crippen LogP contribution in [0.5, 0.6) is 5.75 Å². The number of hydrogen-bond acceptors (Lipinski definition) is 8. The number of benzene rings is 2. The Kier molecular flexibility index (Phi) is 6.39. The van der Waals surface area contributed by atoms with Crippen molar-refractivity contribution in [2.24, 2.45) is 0 Å². The number of tetrazole rings is 1. The minimum absolute atomic E-state index is 0.0173. The van der Waals surface area contributed by atoms with E-state index < -0.39 is 10.8 Å². The normalized spacial score (nSPS) is 10.6. The van der Waals surface area contributed by atoms with Gasteiger partial charge in [-0.25, -0.2) is 0 Å². The van der Waals surface area contributed by atoms with E-state index in [9.17, 15) is 14.9 Å². The number of thioether (sulfide) groups is 1. The van der Waals surface area contributed by atoms with Gasteiger partial charge in [-0.3, -0.25) is 14.9 Å². The van der Waals surface area contributed by atoms with Crippen LogP contribution in [0.25, 0.3) is 5.69 Å². The van der Waals surface area contributed by atoms with Gasteiger partial charge in [-0.05, 0) is 48.5 Å². The van der Waals surface area contributed by atoms with Crippen LogP contribution in [0, 0.1) is 17.0 Å². The molecule has 0 unspecified atom stereocenters. The summed E-state index contributed by atoms with van der Waals surface area (Å²) in [6, 6.07) is 11.9. The van der Waals surface area contributed by atoms with Crippen molar-refractivity contribution >= 4 is 29.0 Å². The van der Waals surface area contributed by atoms with E-state index >= 15 is 0 Å². The number of aryl methyl sites for hydroxylation is 1. The number of rotatable bonds is 8. The Hall–Kier alpha value is -3.47. The molecule has 2 aromatic carbocycles. The molecule has 150 valence electrons. The number of anilines is 1. The molecule has 0 atom stereocenters. The Balaban J connectivity index is 1.68. The second kappa shape index (κ2) is 9.15. The molecule has 11 heteroatoms. The molecule has 3 aromatic rings. The summed E-state index contributed by atoms with van der Waals surface area (Å²) in [5, 5.41) is 25.8. The number of aromatic nitrogens is 4. The largest absolute Gasteiger partial charge is 0.494 e. The Labute approximate surface area is 170 Å². The Morgan fingerprint density at radius 3 is 2.72 bits per heavy atom. The van der Waals surface area contributed by atoms with Gasteiger partial charge in [-0.2, -0.15) is 4.68 Å². The summed E-state index contributed by atoms with van der Waals surface area (Å²) in [6.45, 7) is 4.14. The van der Waals surface area contributed by atoms with Crippen LogP contribution in [0.2, 0.25) is 0 Å². The number of amides is 1. The summed E-state index contributed by atoms with van der Waals surface area (Å²) in [7, 11) is 0. The van der Waals surface area contributed by atoms with Gasteiger partial charge >= 0.3 is 0 Å². The summed E-state index contributed by atoms with van der Waals surface area (Å²) in [5.41, 5.74) is 1.74. The fourth-order valence-corrected chi connectivity index (χ4v) is 3.15. The highest BCUT2D eigenvalue weighted by Crippen LogP contribution is 2.29. The lowest BCUT2D eigenvalue weighted by Gasteiger charge is -2.08. The first-order chi connectivity index (χ1) is 14.0. The highest BCUT2D eigenvalue weighted by Gasteiger charge is 2.18. The molecular weight excluding hydrogens is 396 g/mol. The Bertz CT molecular complexity index is 1020. The van der Waals surface area contributed by atoms with Crippen LogP contribution >= 0.6 is 11.8 Å². The lowest BCUT2D eigenvalue weighted by molar-refractivity contribution is -0.384. The maximum atomic E-state index is 12.3. The van der Waals surface area contributed by atoms with Crippen molar-refractivity contribution in [2.75, 3.05) is 17.7 Å². The number of nitro benzene ring substituents is 1. The molecule has 1 aromatic heterocycles. The van der Waals surface area contributed by atoms with Gasteiger partial charge < -0.3 is 10.1 Å². The molecule has 0 bridgehead atoms. The van der Waals surface area contributed by atoms with Gasteiger partial charge in [-0.1, -0.05) is 29.5 Å². The third-order valence-corrected chi connectivity index (χ3v) is 4.72. The van der Waals surface area contributed by atoms with Crippen molar-refractivity contribution < 1.29 is 14.5 Å². The molecule has 0 aliphatic rings. The molecule has 1 amide bonds. The number of nitrogens with zero attached hydrogens (tertiary/aromatic N) is 5. The van der Waals surface area contributed by atoms with E-state index in [0.717, 1.165) is 23.0 Å². The average molecular weight is 414 g/mol. The van der Waals surface area contributed by atoms with E-state index in [1.165, 1.54) is 16.8 Å². The highest BCUT2D eigenvalue weighted by atomic mass is 32.2. The van der Waals surface area contributed by atoms with E-state index in [2.05, 4.69) is 20.8 Å². The molecule has 0 saturated heterocycles. The van der Waals surface area contributed by atoms with E-state index in [1.807, 2.05) is 31.2 Å². The zero-order valence-electron chi connectivity index (χ0n) is 15.7. The van der Waals surface area contributed by atoms with Gasteiger partial charge in [0.2, 0.25) is 11.1 Å². The SMILES string of the molecule is CCOc1ccc(NC(=O)CSc2nnnn2-c2ccc(C)cc2)c([N+](=O)[O-])c1. The maximum Gasteiger partial charge on any atom is 0.296 e. The lowest BCUT2D eigenvalue weighted by atomic mass is 10.2. The first-order valence-electron chi connectivity index (χ1n) is 8.67. The van der Waals surface area contributed by atoms with E-state index in [1.54, 1.807) is 13.0 Å². The molecule has 0 saturated carbocycles. The molecule has 0 fully saturated rings. The molecule has 3 rings (SSSR count). The summed E-state index contributed by atoms with van der Waals surface area (Å²) in [4.78, 5) is 23.0. The minimum Gasteiger partial charge on any atom is -0.494 e. The minimum atomic E-state index is -0.566. The van der Waals surface area contributed by atoms with Crippen LogP contribution in [0.1, 0.15) is 12.5 Å². The summed E-state index contributed by atoms with van der Waals surface area (Å²) in [5.74, 6) is -0.0686. The van der Waals surface area contributed by atoms with Crippen LogP contribution in [-0.2, 0) is 4.79 Å². The van der Waals surface area contributed by atoms with Gasteiger partial charge in [0.15, 0.2) is 0 Å². The quantitative estimate of drug-likeness (QED) is 0.339. The number of hydrogen-bond donors (Lipinski definition) is 1. The third-order valence-electron chi connectivity index (χ3n) is 3.80. The Morgan fingerprint density at radius 1 is 1.28 bits per heavy atom. The van der Waals surface area contributed by atoms with E-state index in [-0.39, 0.29) is 17.1 Å². The van der Waals surface area contributed by atoms with Crippen LogP contribution in [0.3, 0.4) is 0 Å². The Morgan fingerprint density at radius 2 is 2.03 bits per heavy atom. The summed E-state index contributed by atoms with van der Waals surface area (Å²) in [6.07, 6.45) is 0. The molecule has 0 radical (unpaired) electrons. The zero-order valence-corrected chi connectivity index (χ0v) is 16.5. The molecule has 0 aliphatic carbocycles. The molecule has 0 aliphatic heterocycles. The standard InChI is InChI=1S/C18H18N6O4S/c1-3-28-14-8-9-15(16(10-14)24(26)27)19-17(25)11-29-18-20-21-22-23(18)13-6-4-12(2)5-7-13/h4-10H,3,11H2,1-2H3,(H,19,25). The second-order valence-corrected chi connectivity index (χ2v) is 6.86. The summed E-state index contributed by atoms with van der Waals surface area (Å²) < 4.78 is 6.79. The predicted molar refractivity (Wildman–Crippen MR) is 108 cm³/mol. The van der Waals surface area contributed by atoms with Crippen molar-refractivity contribution in [3.63, 3.8) is 0 Å². The van der Waals surface area contributed by atoms with E-state index in [0.29, 0.717) is 17.5 Å². The monoisotopic (exact) mass is 414 g/mol. The van der Waals surface area contributed by atoms with Crippen LogP contribution in [-0.4, -0.2) is 43.4 Å². The zero-order chi connectivity index (χ0) is 20.8. The molecule has 0 spiro atoms. The van der Waals surface area contributed by atoms with Crippen molar-refractivity contribution in [3.8, 4) is 11.4 Å². The fraction of sp³-hybridized carbons (Fsp3) is 0.222. The van der Waals surface area contributed by atoms with E-state index in [4.69, 9.17) is 4.74 Å². The van der Waals surface area contributed by atoms with Crippen LogP contribution < -0.4 is 10.1 Å². The van der Waals surface area contributed by atoms with Crippen LogP contribution in [0.15, 0.2) is 47.6 Å². The first kappa shape index (κ1) is 20.3. The lowest BCUT2D eigenvalue weighted by Crippen LogP contribution is -2.15. The number of carbonyl (C=O) groups is 1. The molecule has 1 heterocycles. The third kappa shape index (κ3) is 5.08. The maximum absolute atomic E-state index is 12.3. The van der Waals surface area contributed by atoms with Gasteiger partial charge in [0, 0.05) is 0 Å². The molecule has 10 nitrogen and oxygen atoms in total. The number of nitro groups is 1. The van der Waals surface area contributed by atoms with Gasteiger partial charge in [0.1, 0.15) is 11.4 Å². The van der Waals surface area contributed by atoms with Gasteiger partial charge in [-0.15, -0.1) is 5.10 Å². The highest BCUT2D eigenvalue weighted by molar-refractivity contribution is 7.99. The molecular formula is C18H18N6O4S. The topological polar surface area (TPSA) is 125 Å².